The topological polar surface area (TPSA) is 20.2 Å². The van der Waals surface area contributed by atoms with Crippen molar-refractivity contribution in [3.8, 4) is 0 Å². The van der Waals surface area contributed by atoms with E-state index in [1.165, 1.54) is 141 Å². The van der Waals surface area contributed by atoms with Gasteiger partial charge >= 0.3 is 0 Å². The van der Waals surface area contributed by atoms with E-state index in [2.05, 4.69) is 34.6 Å². The molecule has 1 heteroatoms. The molecule has 0 heterocycles. The average molecular weight is 467 g/mol. The second-order valence-electron chi connectivity index (χ2n) is 11.3. The Bertz CT molecular complexity index is 374. The number of hydrogen-bond donors (Lipinski definition) is 1. The molecular formula is C32H66O. The molecule has 0 aromatic carbocycles. The standard InChI is InChI=1S/C32H66O/c1-6-11-15-18-21-24-28-31(10-5,27-14-9-4)32(33,29-25-22-19-16-12-7-2)30-26-23-20-17-13-8-3/h33H,6-30H2,1-5H3. The molecule has 200 valence electrons. The van der Waals surface area contributed by atoms with Gasteiger partial charge in [-0.1, -0.05) is 163 Å². The summed E-state index contributed by atoms with van der Waals surface area (Å²) < 4.78 is 0. The highest BCUT2D eigenvalue weighted by molar-refractivity contribution is 4.98. The fourth-order valence-electron chi connectivity index (χ4n) is 6.08. The summed E-state index contributed by atoms with van der Waals surface area (Å²) in [6, 6.07) is 0. The zero-order valence-corrected chi connectivity index (χ0v) is 24.1. The molecule has 0 bridgehead atoms. The molecule has 0 radical (unpaired) electrons. The van der Waals surface area contributed by atoms with Crippen molar-refractivity contribution in [2.24, 2.45) is 5.41 Å². The number of hydrogen-bond acceptors (Lipinski definition) is 1. The Balaban J connectivity index is 5.17. The summed E-state index contributed by atoms with van der Waals surface area (Å²) in [5.74, 6) is 0. The van der Waals surface area contributed by atoms with E-state index in [1.54, 1.807) is 0 Å². The molecule has 0 saturated carbocycles. The minimum Gasteiger partial charge on any atom is -0.389 e. The van der Waals surface area contributed by atoms with Gasteiger partial charge in [-0.25, -0.2) is 0 Å². The highest BCUT2D eigenvalue weighted by atomic mass is 16.3. The Morgan fingerprint density at radius 3 is 1.03 bits per heavy atom. The van der Waals surface area contributed by atoms with Crippen molar-refractivity contribution in [1.29, 1.82) is 0 Å². The highest BCUT2D eigenvalue weighted by Gasteiger charge is 2.46. The lowest BCUT2D eigenvalue weighted by Crippen LogP contribution is -2.48. The van der Waals surface area contributed by atoms with Gasteiger partial charge < -0.3 is 5.11 Å². The molecule has 33 heavy (non-hydrogen) atoms. The van der Waals surface area contributed by atoms with E-state index in [0.717, 1.165) is 19.3 Å². The average Bonchev–Trinajstić information content (AvgIpc) is 2.82. The Labute approximate surface area is 211 Å². The van der Waals surface area contributed by atoms with Crippen LogP contribution in [0.4, 0.5) is 0 Å². The molecule has 1 atom stereocenters. The van der Waals surface area contributed by atoms with Crippen LogP contribution in [0.25, 0.3) is 0 Å². The van der Waals surface area contributed by atoms with Crippen molar-refractivity contribution in [3.63, 3.8) is 0 Å². The molecule has 1 nitrogen and oxygen atoms in total. The molecule has 0 aliphatic heterocycles. The predicted octanol–water partition coefficient (Wildman–Crippen LogP) is 11.6. The van der Waals surface area contributed by atoms with Gasteiger partial charge in [-0.05, 0) is 37.5 Å². The molecule has 0 amide bonds. The predicted molar refractivity (Wildman–Crippen MR) is 151 cm³/mol. The van der Waals surface area contributed by atoms with Gasteiger partial charge in [0.15, 0.2) is 0 Å². The van der Waals surface area contributed by atoms with Gasteiger partial charge in [0.05, 0.1) is 5.60 Å². The minimum absolute atomic E-state index is 0.139. The van der Waals surface area contributed by atoms with Crippen molar-refractivity contribution in [2.45, 2.75) is 201 Å². The van der Waals surface area contributed by atoms with E-state index >= 15 is 0 Å². The molecule has 1 unspecified atom stereocenters. The van der Waals surface area contributed by atoms with Crippen molar-refractivity contribution in [3.05, 3.63) is 0 Å². The van der Waals surface area contributed by atoms with Gasteiger partial charge in [0, 0.05) is 0 Å². The van der Waals surface area contributed by atoms with Crippen molar-refractivity contribution >= 4 is 0 Å². The lowest BCUT2D eigenvalue weighted by atomic mass is 9.60. The SMILES string of the molecule is CCCCCCCCC(O)(CCCCCCCC)C(CC)(CCCC)CCCCCCCC. The van der Waals surface area contributed by atoms with Crippen LogP contribution in [0, 0.1) is 5.41 Å². The minimum atomic E-state index is -0.449. The van der Waals surface area contributed by atoms with E-state index in [0.29, 0.717) is 0 Å². The summed E-state index contributed by atoms with van der Waals surface area (Å²) >= 11 is 0. The first-order valence-electron chi connectivity index (χ1n) is 15.8. The van der Waals surface area contributed by atoms with Gasteiger partial charge in [0.1, 0.15) is 0 Å². The second kappa shape index (κ2) is 22.4. The van der Waals surface area contributed by atoms with Crippen LogP contribution in [0.1, 0.15) is 195 Å². The van der Waals surface area contributed by atoms with Crippen LogP contribution >= 0.6 is 0 Å². The largest absolute Gasteiger partial charge is 0.389 e. The van der Waals surface area contributed by atoms with Gasteiger partial charge in [0.2, 0.25) is 0 Å². The molecule has 0 fully saturated rings. The van der Waals surface area contributed by atoms with Crippen molar-refractivity contribution < 1.29 is 5.11 Å². The van der Waals surface area contributed by atoms with Crippen LogP contribution in [0.3, 0.4) is 0 Å². The maximum absolute atomic E-state index is 12.4. The number of rotatable bonds is 26. The lowest BCUT2D eigenvalue weighted by molar-refractivity contribution is -0.114. The van der Waals surface area contributed by atoms with Gasteiger partial charge in [-0.2, -0.15) is 0 Å². The van der Waals surface area contributed by atoms with E-state index in [1.807, 2.05) is 0 Å². The molecule has 0 spiro atoms. The molecule has 1 N–H and O–H groups in total. The summed E-state index contributed by atoms with van der Waals surface area (Å²) in [5, 5.41) is 12.4. The summed E-state index contributed by atoms with van der Waals surface area (Å²) in [7, 11) is 0. The van der Waals surface area contributed by atoms with Crippen LogP contribution < -0.4 is 0 Å². The van der Waals surface area contributed by atoms with Crippen LogP contribution in [0.15, 0.2) is 0 Å². The molecule has 0 saturated heterocycles. The number of unbranched alkanes of at least 4 members (excludes halogenated alkanes) is 16. The third-order valence-electron chi connectivity index (χ3n) is 8.57. The van der Waals surface area contributed by atoms with E-state index in [4.69, 9.17) is 0 Å². The molecule has 0 aliphatic carbocycles. The highest BCUT2D eigenvalue weighted by Crippen LogP contribution is 2.49. The first kappa shape index (κ1) is 33.0. The van der Waals surface area contributed by atoms with E-state index in [-0.39, 0.29) is 5.41 Å². The Morgan fingerprint density at radius 2 is 0.667 bits per heavy atom. The quantitative estimate of drug-likeness (QED) is 0.126. The molecule has 0 aromatic heterocycles. The molecular weight excluding hydrogens is 400 g/mol. The fourth-order valence-corrected chi connectivity index (χ4v) is 6.08. The monoisotopic (exact) mass is 467 g/mol. The molecule has 0 rings (SSSR count). The van der Waals surface area contributed by atoms with Crippen LogP contribution in [-0.2, 0) is 0 Å². The first-order chi connectivity index (χ1) is 16.1. The second-order valence-corrected chi connectivity index (χ2v) is 11.3. The fraction of sp³-hybridized carbons (Fsp3) is 1.00. The summed E-state index contributed by atoms with van der Waals surface area (Å²) in [4.78, 5) is 0. The molecule has 0 aromatic rings. The van der Waals surface area contributed by atoms with Gasteiger partial charge in [-0.15, -0.1) is 0 Å². The maximum atomic E-state index is 12.4. The number of aliphatic hydroxyl groups is 1. The summed E-state index contributed by atoms with van der Waals surface area (Å²) in [6.07, 6.45) is 32.3. The molecule has 0 aliphatic rings. The van der Waals surface area contributed by atoms with Crippen molar-refractivity contribution in [1.82, 2.24) is 0 Å². The van der Waals surface area contributed by atoms with Crippen LogP contribution in [-0.4, -0.2) is 10.7 Å². The summed E-state index contributed by atoms with van der Waals surface area (Å²) in [6.45, 7) is 11.6. The van der Waals surface area contributed by atoms with Gasteiger partial charge in [0.25, 0.3) is 0 Å². The zero-order chi connectivity index (χ0) is 24.7. The summed E-state index contributed by atoms with van der Waals surface area (Å²) in [5.41, 5.74) is -0.309. The Morgan fingerprint density at radius 1 is 0.364 bits per heavy atom. The normalized spacial score (nSPS) is 14.0. The first-order valence-corrected chi connectivity index (χ1v) is 15.8. The Hall–Kier alpha value is -0.0400. The van der Waals surface area contributed by atoms with E-state index in [9.17, 15) is 5.11 Å². The van der Waals surface area contributed by atoms with Crippen LogP contribution in [0.2, 0.25) is 0 Å². The smallest absolute Gasteiger partial charge is 0.0703 e. The van der Waals surface area contributed by atoms with Crippen LogP contribution in [0.5, 0.6) is 0 Å². The van der Waals surface area contributed by atoms with Crippen molar-refractivity contribution in [2.75, 3.05) is 0 Å². The zero-order valence-electron chi connectivity index (χ0n) is 24.1. The lowest BCUT2D eigenvalue weighted by Gasteiger charge is -2.49. The Kier molecular flexibility index (Phi) is 22.4. The van der Waals surface area contributed by atoms with E-state index < -0.39 is 5.60 Å². The maximum Gasteiger partial charge on any atom is 0.0703 e. The van der Waals surface area contributed by atoms with Gasteiger partial charge in [-0.3, -0.25) is 0 Å². The third-order valence-corrected chi connectivity index (χ3v) is 8.57. The third kappa shape index (κ3) is 14.8.